The summed E-state index contributed by atoms with van der Waals surface area (Å²) in [4.78, 5) is 2.60. The molecule has 0 bridgehead atoms. The molecule has 2 saturated carbocycles. The summed E-state index contributed by atoms with van der Waals surface area (Å²) in [7, 11) is 0. The highest BCUT2D eigenvalue weighted by atomic mass is 15.2. The monoisotopic (exact) mass is 223 g/mol. The lowest BCUT2D eigenvalue weighted by Crippen LogP contribution is -2.38. The van der Waals surface area contributed by atoms with Crippen molar-refractivity contribution >= 4 is 5.84 Å². The van der Waals surface area contributed by atoms with Gasteiger partial charge < -0.3 is 10.6 Å². The first kappa shape index (κ1) is 11.9. The highest BCUT2D eigenvalue weighted by Gasteiger charge is 2.45. The SMILES string of the molecule is CC(C)N(CC1CC1)CC1(CC(=N)N)CC1. The molecule has 2 aliphatic rings. The van der Waals surface area contributed by atoms with Gasteiger partial charge in [-0.25, -0.2) is 0 Å². The average molecular weight is 223 g/mol. The predicted molar refractivity (Wildman–Crippen MR) is 67.6 cm³/mol. The molecule has 2 aliphatic carbocycles. The van der Waals surface area contributed by atoms with Gasteiger partial charge in [-0.05, 0) is 50.9 Å². The van der Waals surface area contributed by atoms with Crippen LogP contribution < -0.4 is 5.73 Å². The van der Waals surface area contributed by atoms with Gasteiger partial charge in [0.2, 0.25) is 0 Å². The number of rotatable bonds is 7. The number of nitrogens with zero attached hydrogens (tertiary/aromatic N) is 1. The fraction of sp³-hybridized carbons (Fsp3) is 0.923. The maximum atomic E-state index is 7.45. The molecule has 16 heavy (non-hydrogen) atoms. The van der Waals surface area contributed by atoms with Gasteiger partial charge in [0.05, 0.1) is 5.84 Å². The van der Waals surface area contributed by atoms with E-state index in [4.69, 9.17) is 11.1 Å². The van der Waals surface area contributed by atoms with Crippen molar-refractivity contribution in [2.75, 3.05) is 13.1 Å². The van der Waals surface area contributed by atoms with Crippen LogP contribution in [0.15, 0.2) is 0 Å². The van der Waals surface area contributed by atoms with Gasteiger partial charge in [0.15, 0.2) is 0 Å². The summed E-state index contributed by atoms with van der Waals surface area (Å²) >= 11 is 0. The highest BCUT2D eigenvalue weighted by molar-refractivity contribution is 5.78. The van der Waals surface area contributed by atoms with Crippen LogP contribution in [0.1, 0.15) is 46.0 Å². The molecule has 3 nitrogen and oxygen atoms in total. The Hall–Kier alpha value is -0.570. The zero-order valence-electron chi connectivity index (χ0n) is 10.6. The van der Waals surface area contributed by atoms with Gasteiger partial charge >= 0.3 is 0 Å². The van der Waals surface area contributed by atoms with Crippen LogP contribution in [0.4, 0.5) is 0 Å². The van der Waals surface area contributed by atoms with Gasteiger partial charge in [0, 0.05) is 25.6 Å². The summed E-state index contributed by atoms with van der Waals surface area (Å²) in [5.41, 5.74) is 5.91. The van der Waals surface area contributed by atoms with Crippen molar-refractivity contribution < 1.29 is 0 Å². The van der Waals surface area contributed by atoms with E-state index in [1.165, 1.54) is 32.2 Å². The Kier molecular flexibility index (Phi) is 3.24. The first-order valence-corrected chi connectivity index (χ1v) is 6.58. The molecule has 0 atom stereocenters. The minimum absolute atomic E-state index is 0.366. The van der Waals surface area contributed by atoms with Crippen LogP contribution in [0.5, 0.6) is 0 Å². The van der Waals surface area contributed by atoms with E-state index in [0.717, 1.165) is 18.9 Å². The number of hydrogen-bond acceptors (Lipinski definition) is 2. The average Bonchev–Trinajstić information content (AvgIpc) is 3.02. The van der Waals surface area contributed by atoms with Crippen molar-refractivity contribution in [2.45, 2.75) is 52.0 Å². The van der Waals surface area contributed by atoms with E-state index in [9.17, 15) is 0 Å². The van der Waals surface area contributed by atoms with Crippen molar-refractivity contribution in [3.63, 3.8) is 0 Å². The summed E-state index contributed by atoms with van der Waals surface area (Å²) in [5.74, 6) is 1.32. The fourth-order valence-corrected chi connectivity index (χ4v) is 2.49. The van der Waals surface area contributed by atoms with Gasteiger partial charge in [0.1, 0.15) is 0 Å². The molecule has 0 unspecified atom stereocenters. The molecule has 92 valence electrons. The van der Waals surface area contributed by atoms with Crippen LogP contribution >= 0.6 is 0 Å². The molecule has 3 N–H and O–H groups in total. The van der Waals surface area contributed by atoms with Crippen molar-refractivity contribution in [1.82, 2.24) is 4.90 Å². The molecule has 3 heteroatoms. The van der Waals surface area contributed by atoms with Crippen LogP contribution in [0.25, 0.3) is 0 Å². The highest BCUT2D eigenvalue weighted by Crippen LogP contribution is 2.49. The molecular formula is C13H25N3. The molecule has 0 aromatic heterocycles. The van der Waals surface area contributed by atoms with E-state index in [2.05, 4.69) is 18.7 Å². The van der Waals surface area contributed by atoms with E-state index in [1.807, 2.05) is 0 Å². The van der Waals surface area contributed by atoms with Gasteiger partial charge in [-0.3, -0.25) is 5.41 Å². The second-order valence-electron chi connectivity index (χ2n) is 6.17. The number of nitrogens with one attached hydrogen (secondary N) is 1. The fourth-order valence-electron chi connectivity index (χ4n) is 2.49. The van der Waals surface area contributed by atoms with Gasteiger partial charge in [0.25, 0.3) is 0 Å². The Balaban J connectivity index is 1.86. The lowest BCUT2D eigenvalue weighted by molar-refractivity contribution is 0.172. The third-order valence-corrected chi connectivity index (χ3v) is 3.98. The summed E-state index contributed by atoms with van der Waals surface area (Å²) in [5, 5.41) is 7.45. The molecule has 0 heterocycles. The standard InChI is InChI=1S/C13H25N3/c1-10(2)16(8-11-3-4-11)9-13(5-6-13)7-12(14)15/h10-11H,3-9H2,1-2H3,(H3,14,15). The molecule has 0 saturated heterocycles. The van der Waals surface area contributed by atoms with Crippen molar-refractivity contribution in [3.05, 3.63) is 0 Å². The molecule has 0 amide bonds. The Morgan fingerprint density at radius 2 is 2.06 bits per heavy atom. The smallest absolute Gasteiger partial charge is 0.0911 e. The van der Waals surface area contributed by atoms with Crippen LogP contribution in [0.3, 0.4) is 0 Å². The lowest BCUT2D eigenvalue weighted by Gasteiger charge is -2.30. The lowest BCUT2D eigenvalue weighted by atomic mass is 10.00. The van der Waals surface area contributed by atoms with Crippen LogP contribution in [-0.4, -0.2) is 29.9 Å². The number of amidine groups is 1. The first-order chi connectivity index (χ1) is 7.51. The summed E-state index contributed by atoms with van der Waals surface area (Å²) in [6.07, 6.45) is 6.17. The molecule has 2 fully saturated rings. The Bertz CT molecular complexity index is 264. The maximum Gasteiger partial charge on any atom is 0.0911 e. The minimum atomic E-state index is 0.366. The first-order valence-electron chi connectivity index (χ1n) is 6.58. The van der Waals surface area contributed by atoms with Crippen LogP contribution in [0.2, 0.25) is 0 Å². The molecular weight excluding hydrogens is 198 g/mol. The van der Waals surface area contributed by atoms with E-state index in [0.29, 0.717) is 17.3 Å². The molecule has 0 radical (unpaired) electrons. The second-order valence-corrected chi connectivity index (χ2v) is 6.17. The van der Waals surface area contributed by atoms with Gasteiger partial charge in [-0.15, -0.1) is 0 Å². The Labute approximate surface area is 98.9 Å². The van der Waals surface area contributed by atoms with Crippen molar-refractivity contribution in [1.29, 1.82) is 5.41 Å². The molecule has 0 aliphatic heterocycles. The van der Waals surface area contributed by atoms with Crippen LogP contribution in [0, 0.1) is 16.7 Å². The molecule has 0 spiro atoms. The third kappa shape index (κ3) is 3.21. The largest absolute Gasteiger partial charge is 0.388 e. The zero-order chi connectivity index (χ0) is 11.8. The number of hydrogen-bond donors (Lipinski definition) is 2. The maximum absolute atomic E-state index is 7.45. The second kappa shape index (κ2) is 4.36. The predicted octanol–water partition coefficient (Wildman–Crippen LogP) is 2.21. The third-order valence-electron chi connectivity index (χ3n) is 3.98. The van der Waals surface area contributed by atoms with E-state index in [1.54, 1.807) is 0 Å². The van der Waals surface area contributed by atoms with Crippen LogP contribution in [-0.2, 0) is 0 Å². The summed E-state index contributed by atoms with van der Waals surface area (Å²) < 4.78 is 0. The molecule has 0 aromatic rings. The van der Waals surface area contributed by atoms with Gasteiger partial charge in [-0.1, -0.05) is 0 Å². The quantitative estimate of drug-likeness (QED) is 0.513. The van der Waals surface area contributed by atoms with Crippen molar-refractivity contribution in [2.24, 2.45) is 17.1 Å². The summed E-state index contributed by atoms with van der Waals surface area (Å²) in [6, 6.07) is 0.630. The van der Waals surface area contributed by atoms with E-state index < -0.39 is 0 Å². The zero-order valence-corrected chi connectivity index (χ0v) is 10.6. The Morgan fingerprint density at radius 1 is 1.44 bits per heavy atom. The van der Waals surface area contributed by atoms with E-state index >= 15 is 0 Å². The topological polar surface area (TPSA) is 53.1 Å². The number of nitrogens with two attached hydrogens (primary N) is 1. The van der Waals surface area contributed by atoms with E-state index in [-0.39, 0.29) is 0 Å². The van der Waals surface area contributed by atoms with Gasteiger partial charge in [-0.2, -0.15) is 0 Å². The Morgan fingerprint density at radius 3 is 2.44 bits per heavy atom. The molecule has 2 rings (SSSR count). The normalized spacial score (nSPS) is 22.8. The molecule has 0 aromatic carbocycles. The summed E-state index contributed by atoms with van der Waals surface area (Å²) in [6.45, 7) is 6.98. The van der Waals surface area contributed by atoms with Crippen molar-refractivity contribution in [3.8, 4) is 0 Å². The minimum Gasteiger partial charge on any atom is -0.388 e.